The first-order valence-electron chi connectivity index (χ1n) is 3.95. The Hall–Kier alpha value is -0.0200. The van der Waals surface area contributed by atoms with Crippen LogP contribution in [0.5, 0.6) is 0 Å². The first kappa shape index (κ1) is 11.0. The summed E-state index contributed by atoms with van der Waals surface area (Å²) in [7, 11) is 0. The molecule has 0 aliphatic carbocycles. The van der Waals surface area contributed by atoms with Gasteiger partial charge in [-0.1, -0.05) is 0 Å². The maximum atomic E-state index is 10.5. The quantitative estimate of drug-likeness (QED) is 0.597. The van der Waals surface area contributed by atoms with Crippen molar-refractivity contribution < 1.29 is 9.90 Å². The van der Waals surface area contributed by atoms with Gasteiger partial charge < -0.3 is 9.90 Å². The Balaban J connectivity index is 2.85. The number of thioether (sulfide) groups is 1. The van der Waals surface area contributed by atoms with Crippen molar-refractivity contribution in [1.82, 2.24) is 0 Å². The van der Waals surface area contributed by atoms with Gasteiger partial charge in [0.05, 0.1) is 6.61 Å². The molecule has 0 unspecified atom stereocenters. The van der Waals surface area contributed by atoms with Crippen LogP contribution in [-0.4, -0.2) is 29.0 Å². The zero-order valence-corrected chi connectivity index (χ0v) is 7.82. The Kier molecular flexibility index (Phi) is 8.07. The number of rotatable bonds is 7. The summed E-state index contributed by atoms with van der Waals surface area (Å²) in [5.74, 6) is 2.16. The number of unbranched alkanes of at least 4 members (excludes halogenated alkanes) is 1. The minimum absolute atomic E-state index is 0.261. The maximum Gasteiger partial charge on any atom is 0.129 e. The molecule has 0 radical (unpaired) electrons. The molecule has 0 aliphatic rings. The second-order valence-electron chi connectivity index (χ2n) is 2.50. The van der Waals surface area contributed by atoms with E-state index in [1.807, 2.05) is 0 Å². The molecular formula is C8H16O2S. The van der Waals surface area contributed by atoms with Gasteiger partial charge in [-0.25, -0.2) is 0 Å². The molecule has 2 nitrogen and oxygen atoms in total. The zero-order chi connectivity index (χ0) is 8.53. The number of aliphatic hydroxyl groups is 1. The molecule has 1 N–H and O–H groups in total. The molecule has 0 saturated carbocycles. The summed E-state index contributed by atoms with van der Waals surface area (Å²) in [4.78, 5) is 10.5. The van der Waals surface area contributed by atoms with Crippen molar-refractivity contribution in [1.29, 1.82) is 0 Å². The van der Waals surface area contributed by atoms with Crippen LogP contribution in [0.2, 0.25) is 0 Å². The fraction of sp³-hybridized carbons (Fsp3) is 0.875. The maximum absolute atomic E-state index is 10.5. The molecule has 0 saturated heterocycles. The van der Waals surface area contributed by atoms with E-state index in [2.05, 4.69) is 0 Å². The molecule has 0 bridgehead atoms. The van der Waals surface area contributed by atoms with Crippen molar-refractivity contribution >= 4 is 17.5 Å². The highest BCUT2D eigenvalue weighted by Gasteiger charge is 1.93. The topological polar surface area (TPSA) is 37.3 Å². The number of ketones is 1. The molecule has 0 rings (SSSR count). The Labute approximate surface area is 72.4 Å². The van der Waals surface area contributed by atoms with E-state index in [9.17, 15) is 4.79 Å². The monoisotopic (exact) mass is 176 g/mol. The van der Waals surface area contributed by atoms with E-state index in [0.29, 0.717) is 6.42 Å². The van der Waals surface area contributed by atoms with Gasteiger partial charge in [0.25, 0.3) is 0 Å². The lowest BCUT2D eigenvalue weighted by atomic mass is 10.2. The second kappa shape index (κ2) is 8.08. The Bertz CT molecular complexity index is 104. The van der Waals surface area contributed by atoms with Crippen LogP contribution in [0.1, 0.15) is 26.2 Å². The summed E-state index contributed by atoms with van der Waals surface area (Å²) in [5.41, 5.74) is 0. The van der Waals surface area contributed by atoms with E-state index in [1.54, 1.807) is 18.7 Å². The molecule has 0 aromatic carbocycles. The van der Waals surface area contributed by atoms with Crippen LogP contribution in [0.25, 0.3) is 0 Å². The van der Waals surface area contributed by atoms with Gasteiger partial charge in [-0.15, -0.1) is 0 Å². The van der Waals surface area contributed by atoms with Crippen molar-refractivity contribution in [3.8, 4) is 0 Å². The number of hydrogen-bond donors (Lipinski definition) is 1. The molecule has 0 fully saturated rings. The van der Waals surface area contributed by atoms with E-state index in [1.165, 1.54) is 0 Å². The van der Waals surface area contributed by atoms with E-state index >= 15 is 0 Å². The standard InChI is InChI=1S/C8H16O2S/c1-8(10)4-2-3-6-11-7-5-9/h9H,2-7H2,1H3. The minimum atomic E-state index is 0.261. The number of Topliss-reactive ketones (excluding diaryl/α,β-unsaturated/α-hetero) is 1. The summed E-state index contributed by atoms with van der Waals surface area (Å²) >= 11 is 1.74. The summed E-state index contributed by atoms with van der Waals surface area (Å²) in [5, 5.41) is 8.44. The van der Waals surface area contributed by atoms with Crippen molar-refractivity contribution in [2.24, 2.45) is 0 Å². The largest absolute Gasteiger partial charge is 0.396 e. The molecule has 0 atom stereocenters. The predicted molar refractivity (Wildman–Crippen MR) is 48.9 cm³/mol. The Morgan fingerprint density at radius 2 is 2.09 bits per heavy atom. The van der Waals surface area contributed by atoms with E-state index < -0.39 is 0 Å². The smallest absolute Gasteiger partial charge is 0.129 e. The van der Waals surface area contributed by atoms with Gasteiger partial charge in [0.1, 0.15) is 5.78 Å². The van der Waals surface area contributed by atoms with Gasteiger partial charge >= 0.3 is 0 Å². The normalized spacial score (nSPS) is 10.0. The average Bonchev–Trinajstić information content (AvgIpc) is 1.96. The summed E-state index contributed by atoms with van der Waals surface area (Å²) in [6.45, 7) is 1.89. The second-order valence-corrected chi connectivity index (χ2v) is 3.72. The van der Waals surface area contributed by atoms with Gasteiger partial charge in [0.15, 0.2) is 0 Å². The van der Waals surface area contributed by atoms with Gasteiger partial charge in [0.2, 0.25) is 0 Å². The number of aliphatic hydroxyl groups excluding tert-OH is 1. The van der Waals surface area contributed by atoms with E-state index in [0.717, 1.165) is 24.3 Å². The van der Waals surface area contributed by atoms with Gasteiger partial charge in [0, 0.05) is 12.2 Å². The van der Waals surface area contributed by atoms with Gasteiger partial charge in [-0.3, -0.25) is 0 Å². The fourth-order valence-electron chi connectivity index (χ4n) is 0.745. The summed E-state index contributed by atoms with van der Waals surface area (Å²) in [6.07, 6.45) is 2.79. The number of hydrogen-bond acceptors (Lipinski definition) is 3. The molecule has 66 valence electrons. The zero-order valence-electron chi connectivity index (χ0n) is 7.01. The highest BCUT2D eigenvalue weighted by Crippen LogP contribution is 2.05. The van der Waals surface area contributed by atoms with Crippen LogP contribution in [0.15, 0.2) is 0 Å². The molecule has 0 aromatic heterocycles. The van der Waals surface area contributed by atoms with E-state index in [4.69, 9.17) is 5.11 Å². The third-order valence-corrected chi connectivity index (χ3v) is 2.35. The van der Waals surface area contributed by atoms with Crippen molar-refractivity contribution in [3.05, 3.63) is 0 Å². The van der Waals surface area contributed by atoms with Crippen molar-refractivity contribution in [3.63, 3.8) is 0 Å². The van der Waals surface area contributed by atoms with Crippen LogP contribution in [0.3, 0.4) is 0 Å². The Morgan fingerprint density at radius 3 is 2.64 bits per heavy atom. The van der Waals surface area contributed by atoms with Crippen LogP contribution < -0.4 is 0 Å². The molecule has 0 heterocycles. The number of carbonyl (C=O) groups excluding carboxylic acids is 1. The molecule has 11 heavy (non-hydrogen) atoms. The molecule has 3 heteroatoms. The van der Waals surface area contributed by atoms with Crippen LogP contribution >= 0.6 is 11.8 Å². The summed E-state index contributed by atoms with van der Waals surface area (Å²) in [6, 6.07) is 0. The first-order chi connectivity index (χ1) is 5.27. The summed E-state index contributed by atoms with van der Waals surface area (Å²) < 4.78 is 0. The lowest BCUT2D eigenvalue weighted by Gasteiger charge is -1.97. The van der Waals surface area contributed by atoms with E-state index in [-0.39, 0.29) is 12.4 Å². The molecular weight excluding hydrogens is 160 g/mol. The first-order valence-corrected chi connectivity index (χ1v) is 5.11. The minimum Gasteiger partial charge on any atom is -0.396 e. The lowest BCUT2D eigenvalue weighted by Crippen LogP contribution is -1.92. The van der Waals surface area contributed by atoms with Crippen LogP contribution in [0.4, 0.5) is 0 Å². The number of carbonyl (C=O) groups is 1. The van der Waals surface area contributed by atoms with Crippen molar-refractivity contribution in [2.45, 2.75) is 26.2 Å². The third-order valence-electron chi connectivity index (χ3n) is 1.30. The van der Waals surface area contributed by atoms with Crippen LogP contribution in [0, 0.1) is 0 Å². The highest BCUT2D eigenvalue weighted by atomic mass is 32.2. The average molecular weight is 176 g/mol. The molecule has 0 spiro atoms. The van der Waals surface area contributed by atoms with Crippen molar-refractivity contribution in [2.75, 3.05) is 18.1 Å². The van der Waals surface area contributed by atoms with Gasteiger partial charge in [-0.05, 0) is 25.5 Å². The SMILES string of the molecule is CC(=O)CCCCSCCO. The Morgan fingerprint density at radius 1 is 1.36 bits per heavy atom. The lowest BCUT2D eigenvalue weighted by molar-refractivity contribution is -0.117. The third kappa shape index (κ3) is 9.98. The van der Waals surface area contributed by atoms with Crippen LogP contribution in [-0.2, 0) is 4.79 Å². The molecule has 0 aromatic rings. The predicted octanol–water partition coefficient (Wildman–Crippen LogP) is 1.47. The highest BCUT2D eigenvalue weighted by molar-refractivity contribution is 7.99. The molecule has 0 aliphatic heterocycles. The van der Waals surface area contributed by atoms with Gasteiger partial charge in [-0.2, -0.15) is 11.8 Å². The molecule has 0 amide bonds. The fourth-order valence-corrected chi connectivity index (χ4v) is 1.49.